The monoisotopic (exact) mass is 589 g/mol. The normalized spacial score (nSPS) is 39.3. The molecule has 0 bridgehead atoms. The lowest BCUT2D eigenvalue weighted by Crippen LogP contribution is -2.58. The summed E-state index contributed by atoms with van der Waals surface area (Å²) < 4.78 is 32.2. The first-order valence-corrected chi connectivity index (χ1v) is 17.6. The number of aliphatic hydroxyl groups is 2. The minimum absolute atomic E-state index is 0.0259. The quantitative estimate of drug-likeness (QED) is 0.336. The van der Waals surface area contributed by atoms with E-state index in [1.165, 1.54) is 0 Å². The first-order chi connectivity index (χ1) is 19.3. The molecule has 4 aliphatic rings. The van der Waals surface area contributed by atoms with Crippen molar-refractivity contribution in [1.29, 1.82) is 0 Å². The average Bonchev–Trinajstić information content (AvgIpc) is 3.27. The van der Waals surface area contributed by atoms with Gasteiger partial charge in [0.2, 0.25) is 5.91 Å². The van der Waals surface area contributed by atoms with Gasteiger partial charge in [-0.15, -0.1) is 0 Å². The second kappa shape index (κ2) is 11.9. The third-order valence-corrected chi connectivity index (χ3v) is 13.1. The summed E-state index contributed by atoms with van der Waals surface area (Å²) in [6.07, 6.45) is 8.74. The Labute approximate surface area is 246 Å². The first-order valence-electron chi connectivity index (χ1n) is 15.9. The highest BCUT2D eigenvalue weighted by molar-refractivity contribution is 7.85. The number of fused-ring (bicyclic) bond motifs is 5. The summed E-state index contributed by atoms with van der Waals surface area (Å²) in [6, 6.07) is 9.54. The van der Waals surface area contributed by atoms with E-state index in [4.69, 9.17) is 0 Å². The molecule has 0 saturated heterocycles. The van der Waals surface area contributed by atoms with Gasteiger partial charge in [0.1, 0.15) is 0 Å². The van der Waals surface area contributed by atoms with Gasteiger partial charge in [-0.1, -0.05) is 51.1 Å². The molecule has 0 heterocycles. The maximum atomic E-state index is 13.4. The number of benzene rings is 1. The SMILES string of the molecule is CC(CCC(=O)N(CCS(=O)(=O)O)Cc1ccccc1)[C@H]1CCC2C3C(O)C[C@@H]4C[C@H](O)CC[C@]4(C)C3CC[C@@]21C. The maximum Gasteiger partial charge on any atom is 0.266 e. The van der Waals surface area contributed by atoms with Crippen molar-refractivity contribution in [2.24, 2.45) is 46.3 Å². The van der Waals surface area contributed by atoms with E-state index in [0.717, 1.165) is 63.4 Å². The van der Waals surface area contributed by atoms with Crippen molar-refractivity contribution in [3.63, 3.8) is 0 Å². The minimum Gasteiger partial charge on any atom is -0.393 e. The molecule has 0 spiro atoms. The molecule has 0 radical (unpaired) electrons. The summed E-state index contributed by atoms with van der Waals surface area (Å²) in [4.78, 5) is 14.9. The van der Waals surface area contributed by atoms with E-state index in [9.17, 15) is 28.0 Å². The third-order valence-electron chi connectivity index (χ3n) is 12.4. The van der Waals surface area contributed by atoms with Gasteiger partial charge in [0, 0.05) is 19.5 Å². The highest BCUT2D eigenvalue weighted by Gasteiger charge is 2.62. The second-order valence-corrected chi connectivity index (χ2v) is 16.1. The highest BCUT2D eigenvalue weighted by atomic mass is 32.2. The smallest absolute Gasteiger partial charge is 0.266 e. The van der Waals surface area contributed by atoms with Crippen molar-refractivity contribution < 1.29 is 28.0 Å². The number of amides is 1. The Morgan fingerprint density at radius 3 is 2.39 bits per heavy atom. The van der Waals surface area contributed by atoms with Crippen LogP contribution in [0.3, 0.4) is 0 Å². The molecule has 41 heavy (non-hydrogen) atoms. The van der Waals surface area contributed by atoms with Crippen molar-refractivity contribution in [1.82, 2.24) is 4.90 Å². The molecule has 1 amide bonds. The van der Waals surface area contributed by atoms with E-state index in [-0.39, 0.29) is 35.5 Å². The number of nitrogens with zero attached hydrogens (tertiary/aromatic N) is 1. The molecular formula is C33H51NO6S. The van der Waals surface area contributed by atoms with Crippen LogP contribution in [0.15, 0.2) is 30.3 Å². The molecule has 4 saturated carbocycles. The number of hydrogen-bond donors (Lipinski definition) is 3. The number of aliphatic hydroxyl groups excluding tert-OH is 2. The molecule has 10 atom stereocenters. The third kappa shape index (κ3) is 6.27. The van der Waals surface area contributed by atoms with E-state index < -0.39 is 15.9 Å². The number of carbonyl (C=O) groups is 1. The van der Waals surface area contributed by atoms with Crippen LogP contribution in [0.5, 0.6) is 0 Å². The van der Waals surface area contributed by atoms with Crippen LogP contribution in [0.2, 0.25) is 0 Å². The van der Waals surface area contributed by atoms with Gasteiger partial charge in [-0.05, 0) is 110 Å². The van der Waals surface area contributed by atoms with Crippen molar-refractivity contribution >= 4 is 16.0 Å². The number of carbonyl (C=O) groups excluding carboxylic acids is 1. The van der Waals surface area contributed by atoms with Crippen LogP contribution in [0, 0.1) is 46.3 Å². The maximum absolute atomic E-state index is 13.4. The molecule has 4 aliphatic carbocycles. The molecule has 5 unspecified atom stereocenters. The highest BCUT2D eigenvalue weighted by Crippen LogP contribution is 2.68. The van der Waals surface area contributed by atoms with Crippen molar-refractivity contribution in [2.75, 3.05) is 12.3 Å². The first kappa shape index (κ1) is 31.0. The fraction of sp³-hybridized carbons (Fsp3) is 0.788. The molecular weight excluding hydrogens is 538 g/mol. The summed E-state index contributed by atoms with van der Waals surface area (Å²) in [5, 5.41) is 21.9. The molecule has 3 N–H and O–H groups in total. The zero-order chi connectivity index (χ0) is 29.6. The molecule has 1 aromatic carbocycles. The van der Waals surface area contributed by atoms with Crippen molar-refractivity contribution in [3.05, 3.63) is 35.9 Å². The topological polar surface area (TPSA) is 115 Å². The molecule has 1 aromatic rings. The number of rotatable bonds is 9. The standard InChI is InChI=1S/C33H51NO6S/c1-22(9-12-30(37)34(17-18-41(38,39)40)21-23-7-5-4-6-8-23)26-10-11-27-31-28(14-16-33(26,27)3)32(2)15-13-25(35)19-24(32)20-29(31)36/h4-8,22,24-29,31,35-36H,9-21H2,1-3H3,(H,38,39,40)/t22?,24-,25+,26+,27?,28?,29?,31?,32-,33+/m0/s1. The van der Waals surface area contributed by atoms with Gasteiger partial charge in [-0.25, -0.2) is 0 Å². The molecule has 4 fully saturated rings. The summed E-state index contributed by atoms with van der Waals surface area (Å²) in [7, 11) is -4.17. The van der Waals surface area contributed by atoms with Crippen LogP contribution >= 0.6 is 0 Å². The van der Waals surface area contributed by atoms with Crippen LogP contribution in [0.4, 0.5) is 0 Å². The van der Waals surface area contributed by atoms with Gasteiger partial charge in [0.25, 0.3) is 10.1 Å². The van der Waals surface area contributed by atoms with E-state index in [1.54, 1.807) is 4.90 Å². The average molecular weight is 590 g/mol. The van der Waals surface area contributed by atoms with E-state index in [0.29, 0.717) is 48.5 Å². The summed E-state index contributed by atoms with van der Waals surface area (Å²) in [6.45, 7) is 7.46. The van der Waals surface area contributed by atoms with Gasteiger partial charge in [-0.2, -0.15) is 8.42 Å². The molecule has 0 aliphatic heterocycles. The predicted octanol–water partition coefficient (Wildman–Crippen LogP) is 5.31. The molecule has 7 nitrogen and oxygen atoms in total. The van der Waals surface area contributed by atoms with Crippen molar-refractivity contribution in [3.8, 4) is 0 Å². The minimum atomic E-state index is -4.17. The Bertz CT molecular complexity index is 1180. The summed E-state index contributed by atoms with van der Waals surface area (Å²) in [5.41, 5.74) is 1.29. The Balaban J connectivity index is 1.24. The Morgan fingerprint density at radius 2 is 1.68 bits per heavy atom. The summed E-state index contributed by atoms with van der Waals surface area (Å²) in [5.74, 6) is 2.05. The Morgan fingerprint density at radius 1 is 1.00 bits per heavy atom. The van der Waals surface area contributed by atoms with Crippen LogP contribution < -0.4 is 0 Å². The van der Waals surface area contributed by atoms with Gasteiger partial charge >= 0.3 is 0 Å². The second-order valence-electron chi connectivity index (χ2n) is 14.6. The predicted molar refractivity (Wildman–Crippen MR) is 159 cm³/mol. The van der Waals surface area contributed by atoms with E-state index >= 15 is 0 Å². The summed E-state index contributed by atoms with van der Waals surface area (Å²) >= 11 is 0. The van der Waals surface area contributed by atoms with Crippen LogP contribution in [0.25, 0.3) is 0 Å². The molecule has 230 valence electrons. The van der Waals surface area contributed by atoms with Gasteiger partial charge < -0.3 is 15.1 Å². The largest absolute Gasteiger partial charge is 0.393 e. The van der Waals surface area contributed by atoms with Crippen LogP contribution in [-0.2, 0) is 21.5 Å². The van der Waals surface area contributed by atoms with Gasteiger partial charge in [0.15, 0.2) is 0 Å². The van der Waals surface area contributed by atoms with Gasteiger partial charge in [-0.3, -0.25) is 9.35 Å². The lowest BCUT2D eigenvalue weighted by molar-refractivity contribution is -0.174. The Kier molecular flexibility index (Phi) is 8.98. The molecule has 5 rings (SSSR count). The van der Waals surface area contributed by atoms with Crippen LogP contribution in [0.1, 0.15) is 90.5 Å². The lowest BCUT2D eigenvalue weighted by Gasteiger charge is -2.62. The lowest BCUT2D eigenvalue weighted by atomic mass is 9.43. The van der Waals surface area contributed by atoms with E-state index in [2.05, 4.69) is 20.8 Å². The fourth-order valence-corrected chi connectivity index (χ4v) is 10.7. The molecule has 0 aromatic heterocycles. The Hall–Kier alpha value is -1.48. The zero-order valence-corrected chi connectivity index (χ0v) is 25.9. The van der Waals surface area contributed by atoms with Gasteiger partial charge in [0.05, 0.1) is 18.0 Å². The molecule has 8 heteroatoms. The number of hydrogen-bond acceptors (Lipinski definition) is 5. The van der Waals surface area contributed by atoms with Crippen molar-refractivity contribution in [2.45, 2.75) is 104 Å². The zero-order valence-electron chi connectivity index (χ0n) is 25.1. The van der Waals surface area contributed by atoms with E-state index in [1.807, 2.05) is 30.3 Å². The fourth-order valence-electron chi connectivity index (χ4n) is 10.2. The van der Waals surface area contributed by atoms with Crippen LogP contribution in [-0.4, -0.2) is 58.5 Å².